The number of likely N-dealkylation sites (N-methyl/N-ethyl adjacent to an activating group) is 1. The number of hydrogen-bond donors (Lipinski definition) is 1. The SMILES string of the molecule is CCN1CCc2c(-c3ccccc3)cc3c(C=O)c[nH]c3c2C1. The molecule has 116 valence electrons. The summed E-state index contributed by atoms with van der Waals surface area (Å²) in [5.74, 6) is 0. The van der Waals surface area contributed by atoms with E-state index in [4.69, 9.17) is 0 Å². The van der Waals surface area contributed by atoms with Crippen molar-refractivity contribution >= 4 is 17.2 Å². The first kappa shape index (κ1) is 14.2. The van der Waals surface area contributed by atoms with Gasteiger partial charge in [-0.1, -0.05) is 37.3 Å². The van der Waals surface area contributed by atoms with E-state index in [2.05, 4.69) is 47.1 Å². The van der Waals surface area contributed by atoms with Gasteiger partial charge in [0.05, 0.1) is 5.52 Å². The second kappa shape index (κ2) is 5.67. The van der Waals surface area contributed by atoms with Gasteiger partial charge >= 0.3 is 0 Å². The van der Waals surface area contributed by atoms with Crippen molar-refractivity contribution in [2.24, 2.45) is 0 Å². The number of carbonyl (C=O) groups is 1. The lowest BCUT2D eigenvalue weighted by atomic mass is 9.88. The minimum absolute atomic E-state index is 0.744. The van der Waals surface area contributed by atoms with Crippen LogP contribution in [-0.4, -0.2) is 29.3 Å². The average Bonchev–Trinajstić information content (AvgIpc) is 3.04. The van der Waals surface area contributed by atoms with Crippen molar-refractivity contribution < 1.29 is 4.79 Å². The summed E-state index contributed by atoms with van der Waals surface area (Å²) in [6.07, 6.45) is 3.83. The number of aromatic nitrogens is 1. The van der Waals surface area contributed by atoms with E-state index in [1.165, 1.54) is 22.3 Å². The van der Waals surface area contributed by atoms with Crippen LogP contribution in [0.25, 0.3) is 22.0 Å². The monoisotopic (exact) mass is 304 g/mol. The van der Waals surface area contributed by atoms with Crippen LogP contribution in [-0.2, 0) is 13.0 Å². The first-order valence-electron chi connectivity index (χ1n) is 8.20. The topological polar surface area (TPSA) is 36.1 Å². The second-order valence-corrected chi connectivity index (χ2v) is 6.15. The summed E-state index contributed by atoms with van der Waals surface area (Å²) < 4.78 is 0. The third-order valence-corrected chi connectivity index (χ3v) is 4.95. The molecule has 1 N–H and O–H groups in total. The molecule has 2 heterocycles. The van der Waals surface area contributed by atoms with Gasteiger partial charge in [0, 0.05) is 30.2 Å². The normalized spacial score (nSPS) is 14.8. The molecule has 0 radical (unpaired) electrons. The van der Waals surface area contributed by atoms with Crippen LogP contribution in [0.2, 0.25) is 0 Å². The molecule has 0 aliphatic carbocycles. The number of aldehydes is 1. The van der Waals surface area contributed by atoms with E-state index in [0.29, 0.717) is 0 Å². The molecule has 0 fully saturated rings. The zero-order valence-corrected chi connectivity index (χ0v) is 13.3. The van der Waals surface area contributed by atoms with Crippen molar-refractivity contribution in [3.05, 3.63) is 59.3 Å². The predicted molar refractivity (Wildman–Crippen MR) is 93.8 cm³/mol. The van der Waals surface area contributed by atoms with E-state index in [0.717, 1.165) is 48.8 Å². The molecular weight excluding hydrogens is 284 g/mol. The quantitative estimate of drug-likeness (QED) is 0.742. The van der Waals surface area contributed by atoms with Crippen LogP contribution >= 0.6 is 0 Å². The van der Waals surface area contributed by atoms with Crippen molar-refractivity contribution in [1.82, 2.24) is 9.88 Å². The smallest absolute Gasteiger partial charge is 0.152 e. The Morgan fingerprint density at radius 2 is 2.04 bits per heavy atom. The van der Waals surface area contributed by atoms with Crippen LogP contribution in [0.3, 0.4) is 0 Å². The van der Waals surface area contributed by atoms with Crippen molar-refractivity contribution in [1.29, 1.82) is 0 Å². The summed E-state index contributed by atoms with van der Waals surface area (Å²) in [7, 11) is 0. The number of fused-ring (bicyclic) bond motifs is 3. The van der Waals surface area contributed by atoms with Gasteiger partial charge < -0.3 is 4.98 Å². The second-order valence-electron chi connectivity index (χ2n) is 6.15. The summed E-state index contributed by atoms with van der Waals surface area (Å²) in [5, 5.41) is 1.04. The van der Waals surface area contributed by atoms with Gasteiger partial charge in [-0.2, -0.15) is 0 Å². The van der Waals surface area contributed by atoms with Gasteiger partial charge in [0.25, 0.3) is 0 Å². The largest absolute Gasteiger partial charge is 0.360 e. The molecule has 0 bridgehead atoms. The zero-order chi connectivity index (χ0) is 15.8. The average molecular weight is 304 g/mol. The summed E-state index contributed by atoms with van der Waals surface area (Å²) in [6.45, 7) is 5.30. The standard InChI is InChI=1S/C20H20N2O/c1-2-22-9-8-16-17(14-6-4-3-5-7-14)10-18-15(13-23)11-21-20(18)19(16)12-22/h3-7,10-11,13,21H,2,8-9,12H2,1H3. The maximum absolute atomic E-state index is 11.4. The summed E-state index contributed by atoms with van der Waals surface area (Å²) >= 11 is 0. The molecular formula is C20H20N2O. The molecule has 0 atom stereocenters. The Hall–Kier alpha value is -2.39. The maximum atomic E-state index is 11.4. The van der Waals surface area contributed by atoms with Gasteiger partial charge in [-0.3, -0.25) is 9.69 Å². The van der Waals surface area contributed by atoms with Crippen LogP contribution in [0.5, 0.6) is 0 Å². The number of hydrogen-bond acceptors (Lipinski definition) is 2. The Labute approximate surface area is 135 Å². The van der Waals surface area contributed by atoms with Crippen molar-refractivity contribution in [2.75, 3.05) is 13.1 Å². The highest BCUT2D eigenvalue weighted by Crippen LogP contribution is 2.36. The maximum Gasteiger partial charge on any atom is 0.152 e. The number of benzene rings is 2. The highest BCUT2D eigenvalue weighted by Gasteiger charge is 2.23. The van der Waals surface area contributed by atoms with Gasteiger partial charge in [0.1, 0.15) is 0 Å². The Morgan fingerprint density at radius 1 is 1.22 bits per heavy atom. The molecule has 0 unspecified atom stereocenters. The molecule has 3 nitrogen and oxygen atoms in total. The molecule has 1 aliphatic rings. The van der Waals surface area contributed by atoms with Gasteiger partial charge in [-0.15, -0.1) is 0 Å². The Balaban J connectivity index is 2.01. The van der Waals surface area contributed by atoms with E-state index >= 15 is 0 Å². The van der Waals surface area contributed by atoms with Gasteiger partial charge in [0.2, 0.25) is 0 Å². The van der Waals surface area contributed by atoms with E-state index in [1.807, 2.05) is 12.3 Å². The highest BCUT2D eigenvalue weighted by atomic mass is 16.1. The Morgan fingerprint density at radius 3 is 2.78 bits per heavy atom. The van der Waals surface area contributed by atoms with Crippen LogP contribution in [0.1, 0.15) is 28.4 Å². The van der Waals surface area contributed by atoms with Gasteiger partial charge in [0.15, 0.2) is 6.29 Å². The lowest BCUT2D eigenvalue weighted by Crippen LogP contribution is -2.30. The van der Waals surface area contributed by atoms with E-state index < -0.39 is 0 Å². The van der Waals surface area contributed by atoms with E-state index in [-0.39, 0.29) is 0 Å². The van der Waals surface area contributed by atoms with Crippen LogP contribution in [0, 0.1) is 0 Å². The number of carbonyl (C=O) groups excluding carboxylic acids is 1. The third-order valence-electron chi connectivity index (χ3n) is 4.95. The number of aromatic amines is 1. The molecule has 4 rings (SSSR count). The van der Waals surface area contributed by atoms with Crippen molar-refractivity contribution in [3.8, 4) is 11.1 Å². The molecule has 23 heavy (non-hydrogen) atoms. The summed E-state index contributed by atoms with van der Waals surface area (Å²) in [4.78, 5) is 17.2. The van der Waals surface area contributed by atoms with E-state index in [1.54, 1.807) is 0 Å². The van der Waals surface area contributed by atoms with Crippen molar-refractivity contribution in [3.63, 3.8) is 0 Å². The van der Waals surface area contributed by atoms with Crippen LogP contribution in [0.4, 0.5) is 0 Å². The number of nitrogens with one attached hydrogen (secondary N) is 1. The lowest BCUT2D eigenvalue weighted by molar-refractivity contribution is 0.112. The summed E-state index contributed by atoms with van der Waals surface area (Å²) in [6, 6.07) is 12.7. The molecule has 3 heteroatoms. The fourth-order valence-electron chi connectivity index (χ4n) is 3.68. The Bertz CT molecular complexity index is 864. The highest BCUT2D eigenvalue weighted by molar-refractivity contribution is 6.01. The van der Waals surface area contributed by atoms with E-state index in [9.17, 15) is 4.79 Å². The first-order chi connectivity index (χ1) is 11.3. The molecule has 1 aromatic heterocycles. The fourth-order valence-corrected chi connectivity index (χ4v) is 3.68. The molecule has 0 amide bonds. The molecule has 0 saturated carbocycles. The molecule has 3 aromatic rings. The zero-order valence-electron chi connectivity index (χ0n) is 13.3. The summed E-state index contributed by atoms with van der Waals surface area (Å²) in [5.41, 5.74) is 7.14. The van der Waals surface area contributed by atoms with Crippen LogP contribution in [0.15, 0.2) is 42.6 Å². The molecule has 2 aromatic carbocycles. The third kappa shape index (κ3) is 2.28. The minimum Gasteiger partial charge on any atom is -0.360 e. The first-order valence-corrected chi connectivity index (χ1v) is 8.20. The number of H-pyrrole nitrogens is 1. The Kier molecular flexibility index (Phi) is 3.50. The molecule has 1 aliphatic heterocycles. The van der Waals surface area contributed by atoms with Gasteiger partial charge in [-0.05, 0) is 41.3 Å². The minimum atomic E-state index is 0.744. The van der Waals surface area contributed by atoms with Gasteiger partial charge in [-0.25, -0.2) is 0 Å². The fraction of sp³-hybridized carbons (Fsp3) is 0.250. The molecule has 0 spiro atoms. The van der Waals surface area contributed by atoms with Crippen molar-refractivity contribution in [2.45, 2.75) is 19.9 Å². The van der Waals surface area contributed by atoms with Crippen LogP contribution < -0.4 is 0 Å². The molecule has 0 saturated heterocycles. The lowest BCUT2D eigenvalue weighted by Gasteiger charge is -2.30. The predicted octanol–water partition coefficient (Wildman–Crippen LogP) is 4.03. The number of rotatable bonds is 3. The number of nitrogens with zero attached hydrogens (tertiary/aromatic N) is 1.